The number of carbonyl (C=O) groups is 1. The zero-order chi connectivity index (χ0) is 21.6. The van der Waals surface area contributed by atoms with Crippen LogP contribution in [0.1, 0.15) is 12.8 Å². The molecule has 0 unspecified atom stereocenters. The van der Waals surface area contributed by atoms with Crippen molar-refractivity contribution < 1.29 is 22.7 Å². The summed E-state index contributed by atoms with van der Waals surface area (Å²) in [5.74, 6) is 1.36. The van der Waals surface area contributed by atoms with E-state index in [1.807, 2.05) is 0 Å². The molecular formula is C20H26N4O5S. The van der Waals surface area contributed by atoms with Crippen LogP contribution >= 0.6 is 0 Å². The van der Waals surface area contributed by atoms with Gasteiger partial charge in [0.25, 0.3) is 0 Å². The molecule has 0 aliphatic carbocycles. The van der Waals surface area contributed by atoms with E-state index < -0.39 is 10.0 Å². The lowest BCUT2D eigenvalue weighted by atomic mass is 9.98. The monoisotopic (exact) mass is 434 g/mol. The number of sulfonamides is 1. The second-order valence-electron chi connectivity index (χ2n) is 6.97. The summed E-state index contributed by atoms with van der Waals surface area (Å²) in [6, 6.07) is 7.94. The highest BCUT2D eigenvalue weighted by molar-refractivity contribution is 7.89. The number of urea groups is 1. The number of aromatic nitrogens is 1. The average molecular weight is 435 g/mol. The van der Waals surface area contributed by atoms with Crippen LogP contribution in [0.5, 0.6) is 11.5 Å². The Morgan fingerprint density at radius 1 is 1.17 bits per heavy atom. The Labute approximate surface area is 176 Å². The zero-order valence-electron chi connectivity index (χ0n) is 17.0. The molecule has 1 aromatic heterocycles. The third-order valence-electron chi connectivity index (χ3n) is 5.01. The van der Waals surface area contributed by atoms with Crippen LogP contribution in [-0.4, -0.2) is 57.6 Å². The number of amides is 2. The van der Waals surface area contributed by atoms with E-state index in [2.05, 4.69) is 15.6 Å². The minimum absolute atomic E-state index is 0.203. The van der Waals surface area contributed by atoms with Gasteiger partial charge in [0.1, 0.15) is 16.4 Å². The smallest absolute Gasteiger partial charge is 0.319 e. The van der Waals surface area contributed by atoms with E-state index in [1.54, 1.807) is 50.7 Å². The van der Waals surface area contributed by atoms with Crippen LogP contribution in [0.3, 0.4) is 0 Å². The fraction of sp³-hybridized carbons (Fsp3) is 0.400. The first-order chi connectivity index (χ1) is 14.4. The van der Waals surface area contributed by atoms with Gasteiger partial charge in [0.05, 0.1) is 14.2 Å². The third kappa shape index (κ3) is 5.39. The number of anilines is 1. The first kappa shape index (κ1) is 21.8. The number of hydrogen-bond acceptors (Lipinski definition) is 6. The van der Waals surface area contributed by atoms with Gasteiger partial charge >= 0.3 is 6.03 Å². The average Bonchev–Trinajstić information content (AvgIpc) is 2.78. The van der Waals surface area contributed by atoms with Crippen molar-refractivity contribution in [2.45, 2.75) is 17.7 Å². The van der Waals surface area contributed by atoms with Crippen molar-refractivity contribution in [2.24, 2.45) is 5.92 Å². The molecule has 9 nitrogen and oxygen atoms in total. The number of piperidine rings is 1. The minimum Gasteiger partial charge on any atom is -0.497 e. The van der Waals surface area contributed by atoms with Crippen molar-refractivity contribution in [3.63, 3.8) is 0 Å². The zero-order valence-corrected chi connectivity index (χ0v) is 17.8. The summed E-state index contributed by atoms with van der Waals surface area (Å²) in [7, 11) is -0.441. The third-order valence-corrected chi connectivity index (χ3v) is 6.89. The molecule has 162 valence electrons. The van der Waals surface area contributed by atoms with E-state index >= 15 is 0 Å². The summed E-state index contributed by atoms with van der Waals surface area (Å²) >= 11 is 0. The Kier molecular flexibility index (Phi) is 7.11. The van der Waals surface area contributed by atoms with E-state index in [0.29, 0.717) is 49.7 Å². The molecule has 0 saturated carbocycles. The number of ether oxygens (including phenoxy) is 2. The number of hydrogen-bond donors (Lipinski definition) is 2. The molecule has 0 radical (unpaired) electrons. The molecule has 3 rings (SSSR count). The first-order valence-corrected chi connectivity index (χ1v) is 11.0. The molecule has 10 heteroatoms. The van der Waals surface area contributed by atoms with Crippen LogP contribution in [0.4, 0.5) is 10.5 Å². The van der Waals surface area contributed by atoms with E-state index in [4.69, 9.17) is 9.47 Å². The van der Waals surface area contributed by atoms with E-state index in [9.17, 15) is 13.2 Å². The highest BCUT2D eigenvalue weighted by Crippen LogP contribution is 2.26. The van der Waals surface area contributed by atoms with E-state index in [-0.39, 0.29) is 16.8 Å². The van der Waals surface area contributed by atoms with Crippen molar-refractivity contribution >= 4 is 21.7 Å². The number of carbonyl (C=O) groups excluding carboxylic acids is 1. The van der Waals surface area contributed by atoms with Gasteiger partial charge in [0.15, 0.2) is 0 Å². The molecule has 0 atom stereocenters. The fourth-order valence-corrected chi connectivity index (χ4v) is 4.73. The summed E-state index contributed by atoms with van der Waals surface area (Å²) in [5, 5.41) is 5.61. The second kappa shape index (κ2) is 9.77. The van der Waals surface area contributed by atoms with Crippen molar-refractivity contribution in [1.82, 2.24) is 14.6 Å². The minimum atomic E-state index is -3.52. The van der Waals surface area contributed by atoms with E-state index in [1.165, 1.54) is 10.5 Å². The molecule has 1 saturated heterocycles. The summed E-state index contributed by atoms with van der Waals surface area (Å²) in [6.45, 7) is 1.30. The van der Waals surface area contributed by atoms with Crippen molar-refractivity contribution in [3.8, 4) is 11.5 Å². The van der Waals surface area contributed by atoms with Crippen molar-refractivity contribution in [1.29, 1.82) is 0 Å². The number of benzene rings is 1. The number of rotatable bonds is 7. The largest absolute Gasteiger partial charge is 0.497 e. The fourth-order valence-electron chi connectivity index (χ4n) is 3.29. The van der Waals surface area contributed by atoms with Crippen LogP contribution in [0.15, 0.2) is 47.6 Å². The lowest BCUT2D eigenvalue weighted by Gasteiger charge is -2.31. The lowest BCUT2D eigenvalue weighted by molar-refractivity contribution is 0.240. The van der Waals surface area contributed by atoms with Gasteiger partial charge in [-0.25, -0.2) is 13.2 Å². The van der Waals surface area contributed by atoms with E-state index in [0.717, 1.165) is 0 Å². The molecule has 1 aliphatic rings. The van der Waals surface area contributed by atoms with Gasteiger partial charge in [-0.15, -0.1) is 0 Å². The molecule has 1 fully saturated rings. The maximum atomic E-state index is 12.7. The summed E-state index contributed by atoms with van der Waals surface area (Å²) in [6.07, 6.45) is 4.25. The van der Waals surface area contributed by atoms with Gasteiger partial charge in [-0.1, -0.05) is 0 Å². The van der Waals surface area contributed by atoms with Crippen LogP contribution in [0.2, 0.25) is 0 Å². The number of nitrogens with zero attached hydrogens (tertiary/aromatic N) is 2. The molecule has 2 N–H and O–H groups in total. The number of nitrogens with one attached hydrogen (secondary N) is 2. The summed E-state index contributed by atoms with van der Waals surface area (Å²) in [4.78, 5) is 16.3. The molecule has 2 amide bonds. The predicted molar refractivity (Wildman–Crippen MR) is 112 cm³/mol. The van der Waals surface area contributed by atoms with Gasteiger partial charge < -0.3 is 20.1 Å². The Balaban J connectivity index is 1.48. The summed E-state index contributed by atoms with van der Waals surface area (Å²) in [5.41, 5.74) is 0.557. The maximum Gasteiger partial charge on any atom is 0.319 e. The van der Waals surface area contributed by atoms with Crippen LogP contribution in [-0.2, 0) is 10.0 Å². The van der Waals surface area contributed by atoms with Crippen molar-refractivity contribution in [3.05, 3.63) is 42.7 Å². The maximum absolute atomic E-state index is 12.7. The number of pyridine rings is 1. The molecular weight excluding hydrogens is 408 g/mol. The lowest BCUT2D eigenvalue weighted by Crippen LogP contribution is -2.42. The van der Waals surface area contributed by atoms with Crippen LogP contribution in [0, 0.1) is 5.92 Å². The molecule has 0 spiro atoms. The normalized spacial score (nSPS) is 15.4. The quantitative estimate of drug-likeness (QED) is 0.692. The van der Waals surface area contributed by atoms with Gasteiger partial charge in [-0.3, -0.25) is 4.98 Å². The Bertz CT molecular complexity index is 938. The Morgan fingerprint density at radius 2 is 1.83 bits per heavy atom. The van der Waals surface area contributed by atoms with Crippen LogP contribution < -0.4 is 20.1 Å². The predicted octanol–water partition coefficient (Wildman–Crippen LogP) is 2.32. The molecule has 2 aromatic rings. The molecule has 0 bridgehead atoms. The number of methoxy groups -OCH3 is 2. The highest BCUT2D eigenvalue weighted by atomic mass is 32.2. The van der Waals surface area contributed by atoms with Gasteiger partial charge in [0.2, 0.25) is 10.0 Å². The van der Waals surface area contributed by atoms with Crippen LogP contribution in [0.25, 0.3) is 0 Å². The molecule has 30 heavy (non-hydrogen) atoms. The molecule has 1 aromatic carbocycles. The second-order valence-corrected chi connectivity index (χ2v) is 8.91. The Hall–Kier alpha value is -2.85. The SMILES string of the molecule is COc1cc(NC(=O)NCC2CCN(S(=O)(=O)c3cccnc3)CC2)cc(OC)c1. The first-order valence-electron chi connectivity index (χ1n) is 9.60. The topological polar surface area (TPSA) is 110 Å². The Morgan fingerprint density at radius 3 is 2.40 bits per heavy atom. The van der Waals surface area contributed by atoms with Gasteiger partial charge in [0, 0.05) is 55.9 Å². The van der Waals surface area contributed by atoms with Gasteiger partial charge in [-0.05, 0) is 30.9 Å². The van der Waals surface area contributed by atoms with Crippen molar-refractivity contribution in [2.75, 3.05) is 39.2 Å². The standard InChI is InChI=1S/C20H26N4O5S/c1-28-17-10-16(11-18(12-17)29-2)23-20(25)22-13-15-5-8-24(9-6-15)30(26,27)19-4-3-7-21-14-19/h3-4,7,10-12,14-15H,5-6,8-9,13H2,1-2H3,(H2,22,23,25). The molecule has 1 aliphatic heterocycles. The van der Waals surface area contributed by atoms with Gasteiger partial charge in [-0.2, -0.15) is 4.31 Å². The molecule has 2 heterocycles. The summed E-state index contributed by atoms with van der Waals surface area (Å²) < 4.78 is 37.2. The highest BCUT2D eigenvalue weighted by Gasteiger charge is 2.29.